The fraction of sp³-hybridized carbons (Fsp3) is 0.333. The Hall–Kier alpha value is -4.01. The average Bonchev–Trinajstić information content (AvgIpc) is 3.65. The van der Waals surface area contributed by atoms with Gasteiger partial charge in [0.25, 0.3) is 5.91 Å². The van der Waals surface area contributed by atoms with E-state index in [0.717, 1.165) is 19.5 Å². The van der Waals surface area contributed by atoms with Crippen molar-refractivity contribution in [1.82, 2.24) is 24.8 Å². The first-order valence-corrected chi connectivity index (χ1v) is 15.5. The largest absolute Gasteiger partial charge is 0.473 e. The molecule has 1 aromatic carbocycles. The number of ether oxygens (including phenoxy) is 1. The zero-order valence-electron chi connectivity index (χ0n) is 22.1. The third kappa shape index (κ3) is 6.34. The van der Waals surface area contributed by atoms with Crippen molar-refractivity contribution in [3.63, 3.8) is 0 Å². The predicted molar refractivity (Wildman–Crippen MR) is 153 cm³/mol. The summed E-state index contributed by atoms with van der Waals surface area (Å²) in [5.41, 5.74) is 0.937. The molecule has 6 rings (SSSR count). The molecule has 14 heteroatoms. The molecule has 0 bridgehead atoms. The summed E-state index contributed by atoms with van der Waals surface area (Å²) in [5, 5.41) is 6.82. The smallest absolute Gasteiger partial charge is 0.280 e. The number of sulfone groups is 1. The molecule has 12 nitrogen and oxygen atoms in total. The summed E-state index contributed by atoms with van der Waals surface area (Å²) in [6.07, 6.45) is 5.50. The number of nitrogens with zero attached hydrogens (tertiary/aromatic N) is 6. The van der Waals surface area contributed by atoms with E-state index >= 15 is 0 Å². The lowest BCUT2D eigenvalue weighted by Gasteiger charge is -2.12. The standard InChI is InChI=1S/C27H27N7O5S2/c1-34-14-11-18(15-34)39-23-10-9-21-26(31-23)40-27(30-21)32-25(35)24(33-38-16-22-28-12-2-13-29-22)17-3-5-19(6-4-17)41(36,37)20-7-8-20/h2-6,9-10,12-13,18,20H,7-8,11,14-16H2,1H3,(H,30,32,35)/t18-/m0/s1. The van der Waals surface area contributed by atoms with Gasteiger partial charge in [0, 0.05) is 37.1 Å². The topological polar surface area (TPSA) is 149 Å². The van der Waals surface area contributed by atoms with Crippen molar-refractivity contribution in [3.8, 4) is 5.88 Å². The van der Waals surface area contributed by atoms with Crippen molar-refractivity contribution in [2.45, 2.75) is 42.1 Å². The molecule has 0 radical (unpaired) electrons. The predicted octanol–water partition coefficient (Wildman–Crippen LogP) is 3.06. The van der Waals surface area contributed by atoms with Gasteiger partial charge in [-0.25, -0.2) is 28.4 Å². The molecular formula is C27H27N7O5S2. The number of nitrogens with one attached hydrogen (secondary N) is 1. The highest BCUT2D eigenvalue weighted by Crippen LogP contribution is 2.33. The molecule has 1 saturated carbocycles. The SMILES string of the molecule is CN1CC[C@H](Oc2ccc3nc(NC(=O)C(=NOCc4ncccn4)c4ccc(S(=O)(=O)C5CC5)cc4)sc3n2)C1. The highest BCUT2D eigenvalue weighted by Gasteiger charge is 2.36. The van der Waals surface area contributed by atoms with Crippen LogP contribution < -0.4 is 10.1 Å². The molecule has 1 saturated heterocycles. The van der Waals surface area contributed by atoms with Gasteiger partial charge in [-0.15, -0.1) is 0 Å². The van der Waals surface area contributed by atoms with Gasteiger partial charge in [0.1, 0.15) is 16.5 Å². The van der Waals surface area contributed by atoms with Crippen LogP contribution in [0.1, 0.15) is 30.7 Å². The number of hydrogen-bond donors (Lipinski definition) is 1. The van der Waals surface area contributed by atoms with Crippen molar-refractivity contribution < 1.29 is 22.8 Å². The van der Waals surface area contributed by atoms with Crippen LogP contribution in [-0.2, 0) is 26.1 Å². The van der Waals surface area contributed by atoms with E-state index in [9.17, 15) is 13.2 Å². The molecule has 3 aromatic heterocycles. The molecule has 1 amide bonds. The molecule has 1 aliphatic heterocycles. The Labute approximate surface area is 240 Å². The van der Waals surface area contributed by atoms with Gasteiger partial charge in [0.15, 0.2) is 33.1 Å². The Kier molecular flexibility index (Phi) is 7.60. The minimum absolute atomic E-state index is 0.0575. The number of carbonyl (C=O) groups excluding carboxylic acids is 1. The van der Waals surface area contributed by atoms with Gasteiger partial charge in [0.2, 0.25) is 5.88 Å². The van der Waals surface area contributed by atoms with Gasteiger partial charge in [-0.1, -0.05) is 28.6 Å². The number of likely N-dealkylation sites (tertiary alicyclic amines) is 1. The number of carbonyl (C=O) groups is 1. The van der Waals surface area contributed by atoms with E-state index in [1.807, 2.05) is 0 Å². The third-order valence-corrected chi connectivity index (χ3v) is 9.85. The summed E-state index contributed by atoms with van der Waals surface area (Å²) in [4.78, 5) is 39.1. The number of benzene rings is 1. The van der Waals surface area contributed by atoms with Gasteiger partial charge < -0.3 is 14.5 Å². The number of aromatic nitrogens is 4. The Balaban J connectivity index is 1.21. The summed E-state index contributed by atoms with van der Waals surface area (Å²) in [5.74, 6) is 0.321. The first-order valence-electron chi connectivity index (χ1n) is 13.1. The number of thiazole rings is 1. The third-order valence-electron chi connectivity index (χ3n) is 6.69. The van der Waals surface area contributed by atoms with Crippen molar-refractivity contribution >= 4 is 48.3 Å². The van der Waals surface area contributed by atoms with Crippen molar-refractivity contribution in [2.75, 3.05) is 25.5 Å². The van der Waals surface area contributed by atoms with Crippen LogP contribution in [-0.4, -0.2) is 76.4 Å². The number of fused-ring (bicyclic) bond motifs is 1. The summed E-state index contributed by atoms with van der Waals surface area (Å²) in [6.45, 7) is 1.77. The fourth-order valence-electron chi connectivity index (χ4n) is 4.39. The fourth-order valence-corrected chi connectivity index (χ4v) is 6.88. The van der Waals surface area contributed by atoms with Gasteiger partial charge >= 0.3 is 0 Å². The van der Waals surface area contributed by atoms with E-state index in [0.29, 0.717) is 45.6 Å². The molecule has 0 spiro atoms. The summed E-state index contributed by atoms with van der Waals surface area (Å²) in [6, 6.07) is 11.3. The second-order valence-corrected chi connectivity index (χ2v) is 13.1. The maximum absolute atomic E-state index is 13.4. The number of likely N-dealkylation sites (N-methyl/N-ethyl adjacent to an activating group) is 1. The summed E-state index contributed by atoms with van der Waals surface area (Å²) >= 11 is 1.21. The minimum Gasteiger partial charge on any atom is -0.473 e. The lowest BCUT2D eigenvalue weighted by molar-refractivity contribution is -0.110. The van der Waals surface area contributed by atoms with Crippen LogP contribution >= 0.6 is 11.3 Å². The van der Waals surface area contributed by atoms with Crippen molar-refractivity contribution in [2.24, 2.45) is 5.16 Å². The number of anilines is 1. The summed E-state index contributed by atoms with van der Waals surface area (Å²) in [7, 11) is -1.32. The van der Waals surface area contributed by atoms with Gasteiger partial charge in [-0.3, -0.25) is 10.1 Å². The number of hydrogen-bond acceptors (Lipinski definition) is 12. The number of oxime groups is 1. The molecule has 2 fully saturated rings. The molecule has 2 aliphatic rings. The Morgan fingerprint density at radius 3 is 2.59 bits per heavy atom. The number of rotatable bonds is 10. The van der Waals surface area contributed by atoms with Crippen LogP contribution in [0.4, 0.5) is 5.13 Å². The zero-order valence-corrected chi connectivity index (χ0v) is 23.8. The molecule has 212 valence electrons. The molecule has 1 aliphatic carbocycles. The van der Waals surface area contributed by atoms with E-state index < -0.39 is 15.7 Å². The second-order valence-electron chi connectivity index (χ2n) is 9.88. The maximum Gasteiger partial charge on any atom is 0.280 e. The van der Waals surface area contributed by atoms with E-state index in [4.69, 9.17) is 9.57 Å². The van der Waals surface area contributed by atoms with E-state index in [1.54, 1.807) is 42.7 Å². The van der Waals surface area contributed by atoms with Gasteiger partial charge in [-0.2, -0.15) is 0 Å². The molecule has 4 aromatic rings. The first kappa shape index (κ1) is 27.2. The van der Waals surface area contributed by atoms with E-state index in [-0.39, 0.29) is 28.6 Å². The van der Waals surface area contributed by atoms with Crippen LogP contribution in [0, 0.1) is 0 Å². The van der Waals surface area contributed by atoms with E-state index in [2.05, 4.69) is 42.4 Å². The molecule has 1 N–H and O–H groups in total. The highest BCUT2D eigenvalue weighted by atomic mass is 32.2. The Morgan fingerprint density at radius 1 is 1.10 bits per heavy atom. The van der Waals surface area contributed by atoms with Crippen LogP contribution in [0.15, 0.2) is 64.9 Å². The quantitative estimate of drug-likeness (QED) is 0.215. The van der Waals surface area contributed by atoms with Gasteiger partial charge in [-0.05, 0) is 50.6 Å². The zero-order chi connectivity index (χ0) is 28.4. The van der Waals surface area contributed by atoms with Crippen LogP contribution in [0.5, 0.6) is 5.88 Å². The maximum atomic E-state index is 13.4. The van der Waals surface area contributed by atoms with Crippen LogP contribution in [0.3, 0.4) is 0 Å². The number of amides is 1. The number of pyridine rings is 1. The monoisotopic (exact) mass is 593 g/mol. The van der Waals surface area contributed by atoms with Crippen molar-refractivity contribution in [1.29, 1.82) is 0 Å². The molecule has 41 heavy (non-hydrogen) atoms. The highest BCUT2D eigenvalue weighted by molar-refractivity contribution is 7.92. The summed E-state index contributed by atoms with van der Waals surface area (Å²) < 4.78 is 31.3. The van der Waals surface area contributed by atoms with Crippen LogP contribution in [0.2, 0.25) is 0 Å². The molecule has 4 heterocycles. The molecule has 1 atom stereocenters. The average molecular weight is 594 g/mol. The van der Waals surface area contributed by atoms with Crippen molar-refractivity contribution in [3.05, 3.63) is 66.2 Å². The normalized spacial score (nSPS) is 18.0. The van der Waals surface area contributed by atoms with Gasteiger partial charge in [0.05, 0.1) is 10.1 Å². The molecular weight excluding hydrogens is 566 g/mol. The Morgan fingerprint density at radius 2 is 1.88 bits per heavy atom. The molecule has 0 unspecified atom stereocenters. The lowest BCUT2D eigenvalue weighted by atomic mass is 10.1. The van der Waals surface area contributed by atoms with Crippen LogP contribution in [0.25, 0.3) is 10.3 Å². The second kappa shape index (κ2) is 11.5. The lowest BCUT2D eigenvalue weighted by Crippen LogP contribution is -2.24. The Bertz CT molecular complexity index is 1690. The van der Waals surface area contributed by atoms with E-state index in [1.165, 1.54) is 23.5 Å². The minimum atomic E-state index is -3.38. The first-order chi connectivity index (χ1) is 19.8.